The molecular weight excluding hydrogens is 438 g/mol. The third kappa shape index (κ3) is 3.06. The molecule has 4 aliphatic carbocycles. The number of hydrogen-bond donors (Lipinski definition) is 1. The standard InChI is InChI=1S/C34H37NO/c1-21-7-6-8-23(19-21)32-31(26-9-4-5-10-29(26)35-32)22-15-17-33(2)24(20-22)11-12-25-27-13-14-30(36)34(27,3)18-16-28(25)33/h4-11,19-20,25,27-28,35H,12-18H2,1-3H3/t25-,27-,28-,33-,34-/m0/s1. The van der Waals surface area contributed by atoms with Crippen LogP contribution in [0, 0.1) is 35.5 Å². The summed E-state index contributed by atoms with van der Waals surface area (Å²) in [6.45, 7) is 7.00. The third-order valence-electron chi connectivity index (χ3n) is 10.8. The van der Waals surface area contributed by atoms with E-state index in [1.165, 1.54) is 51.7 Å². The molecule has 36 heavy (non-hydrogen) atoms. The fraction of sp³-hybridized carbons (Fsp3) is 0.441. The van der Waals surface area contributed by atoms with Crippen molar-refractivity contribution in [3.63, 3.8) is 0 Å². The van der Waals surface area contributed by atoms with E-state index in [0.717, 1.165) is 32.1 Å². The fourth-order valence-corrected chi connectivity index (χ4v) is 8.79. The van der Waals surface area contributed by atoms with Gasteiger partial charge in [0, 0.05) is 28.3 Å². The smallest absolute Gasteiger partial charge is 0.139 e. The molecule has 0 amide bonds. The highest BCUT2D eigenvalue weighted by Crippen LogP contribution is 2.64. The Morgan fingerprint density at radius 3 is 2.61 bits per heavy atom. The molecule has 1 heterocycles. The van der Waals surface area contributed by atoms with Crippen LogP contribution in [-0.2, 0) is 4.79 Å². The van der Waals surface area contributed by atoms with Gasteiger partial charge in [0.05, 0.1) is 5.69 Å². The van der Waals surface area contributed by atoms with Crippen molar-refractivity contribution < 1.29 is 4.79 Å². The van der Waals surface area contributed by atoms with Crippen molar-refractivity contribution in [2.75, 3.05) is 0 Å². The normalized spacial score (nSPS) is 33.5. The topological polar surface area (TPSA) is 32.9 Å². The molecule has 0 bridgehead atoms. The average Bonchev–Trinajstić information content (AvgIpc) is 3.41. The molecule has 7 rings (SSSR count). The highest BCUT2D eigenvalue weighted by Gasteiger charge is 2.58. The zero-order valence-electron chi connectivity index (χ0n) is 21.9. The number of aryl methyl sites for hydroxylation is 1. The van der Waals surface area contributed by atoms with Crippen molar-refractivity contribution in [3.05, 3.63) is 77.4 Å². The van der Waals surface area contributed by atoms with Gasteiger partial charge in [0.1, 0.15) is 5.78 Å². The Bertz CT molecular complexity index is 1450. The summed E-state index contributed by atoms with van der Waals surface area (Å²) in [4.78, 5) is 16.6. The quantitative estimate of drug-likeness (QED) is 0.395. The van der Waals surface area contributed by atoms with Crippen LogP contribution >= 0.6 is 0 Å². The minimum atomic E-state index is -0.0503. The first-order valence-electron chi connectivity index (χ1n) is 14.0. The highest BCUT2D eigenvalue weighted by molar-refractivity contribution is 6.00. The number of para-hydroxylation sites is 1. The van der Waals surface area contributed by atoms with Crippen molar-refractivity contribution in [1.29, 1.82) is 0 Å². The van der Waals surface area contributed by atoms with Crippen LogP contribution < -0.4 is 0 Å². The van der Waals surface area contributed by atoms with Gasteiger partial charge in [0.25, 0.3) is 0 Å². The molecule has 5 atom stereocenters. The monoisotopic (exact) mass is 475 g/mol. The van der Waals surface area contributed by atoms with E-state index in [1.54, 1.807) is 5.57 Å². The van der Waals surface area contributed by atoms with Gasteiger partial charge < -0.3 is 4.98 Å². The SMILES string of the molecule is Cc1cccc(-c2[nH]c3ccccc3c2C2=CC3=CC[C@@H]4[C@H](CC[C@]5(C)C(=O)CC[C@@H]45)[C@@]3(C)CC2)c1. The third-order valence-corrected chi connectivity index (χ3v) is 10.8. The molecule has 2 saturated carbocycles. The van der Waals surface area contributed by atoms with Gasteiger partial charge in [-0.15, -0.1) is 0 Å². The lowest BCUT2D eigenvalue weighted by Crippen LogP contribution is -2.49. The molecule has 0 spiro atoms. The molecule has 0 unspecified atom stereocenters. The molecule has 3 aromatic rings. The molecule has 0 saturated heterocycles. The van der Waals surface area contributed by atoms with Gasteiger partial charge in [0.2, 0.25) is 0 Å². The number of nitrogens with one attached hydrogen (secondary N) is 1. The Morgan fingerprint density at radius 2 is 1.75 bits per heavy atom. The zero-order valence-corrected chi connectivity index (χ0v) is 21.9. The van der Waals surface area contributed by atoms with E-state index < -0.39 is 0 Å². The Hall–Kier alpha value is -2.87. The summed E-state index contributed by atoms with van der Waals surface area (Å²) in [5.41, 5.74) is 9.62. The van der Waals surface area contributed by atoms with Crippen LogP contribution in [0.25, 0.3) is 27.7 Å². The predicted molar refractivity (Wildman–Crippen MR) is 149 cm³/mol. The lowest BCUT2D eigenvalue weighted by atomic mass is 9.48. The zero-order chi connectivity index (χ0) is 24.7. The number of fused-ring (bicyclic) bond motifs is 6. The van der Waals surface area contributed by atoms with Crippen molar-refractivity contribution in [1.82, 2.24) is 4.98 Å². The largest absolute Gasteiger partial charge is 0.354 e. The Balaban J connectivity index is 1.32. The highest BCUT2D eigenvalue weighted by atomic mass is 16.1. The summed E-state index contributed by atoms with van der Waals surface area (Å²) in [5.74, 6) is 2.51. The van der Waals surface area contributed by atoms with Crippen molar-refractivity contribution in [2.45, 2.75) is 65.7 Å². The number of benzene rings is 2. The number of ketones is 1. The second-order valence-electron chi connectivity index (χ2n) is 12.6. The molecule has 0 aliphatic heterocycles. The number of Topliss-reactive ketones (excluding diaryl/α,β-unsaturated/α-hetero) is 1. The summed E-state index contributed by atoms with van der Waals surface area (Å²) in [5, 5.41) is 1.33. The number of aromatic nitrogens is 1. The maximum Gasteiger partial charge on any atom is 0.139 e. The fourth-order valence-electron chi connectivity index (χ4n) is 8.79. The number of carbonyl (C=O) groups excluding carboxylic acids is 1. The number of rotatable bonds is 2. The van der Waals surface area contributed by atoms with Crippen molar-refractivity contribution in [2.24, 2.45) is 28.6 Å². The molecule has 2 fully saturated rings. The number of H-pyrrole nitrogens is 1. The van der Waals surface area contributed by atoms with Gasteiger partial charge in [0.15, 0.2) is 0 Å². The van der Waals surface area contributed by atoms with Crippen LogP contribution in [-0.4, -0.2) is 10.8 Å². The van der Waals surface area contributed by atoms with Crippen LogP contribution in [0.15, 0.2) is 66.3 Å². The van der Waals surface area contributed by atoms with Gasteiger partial charge >= 0.3 is 0 Å². The van der Waals surface area contributed by atoms with E-state index >= 15 is 0 Å². The van der Waals surface area contributed by atoms with E-state index in [9.17, 15) is 4.79 Å². The average molecular weight is 476 g/mol. The van der Waals surface area contributed by atoms with Crippen molar-refractivity contribution in [3.8, 4) is 11.3 Å². The van der Waals surface area contributed by atoms with Crippen LogP contribution in [0.4, 0.5) is 0 Å². The van der Waals surface area contributed by atoms with Crippen LogP contribution in [0.5, 0.6) is 0 Å². The van der Waals surface area contributed by atoms with E-state index in [-0.39, 0.29) is 10.8 Å². The second kappa shape index (κ2) is 7.81. The lowest BCUT2D eigenvalue weighted by molar-refractivity contribution is -0.131. The summed E-state index contributed by atoms with van der Waals surface area (Å²) >= 11 is 0. The lowest BCUT2D eigenvalue weighted by Gasteiger charge is -2.55. The minimum Gasteiger partial charge on any atom is -0.354 e. The summed E-state index contributed by atoms with van der Waals surface area (Å²) in [6, 6.07) is 17.7. The van der Waals surface area contributed by atoms with E-state index in [4.69, 9.17) is 0 Å². The van der Waals surface area contributed by atoms with Crippen LogP contribution in [0.2, 0.25) is 0 Å². The summed E-state index contributed by atoms with van der Waals surface area (Å²) in [7, 11) is 0. The number of carbonyl (C=O) groups is 1. The molecule has 184 valence electrons. The first-order chi connectivity index (χ1) is 17.4. The number of hydrogen-bond acceptors (Lipinski definition) is 1. The van der Waals surface area contributed by atoms with E-state index in [1.807, 2.05) is 0 Å². The molecule has 2 aromatic carbocycles. The Labute approximate surface area is 214 Å². The number of allylic oxidation sites excluding steroid dienone is 4. The Morgan fingerprint density at radius 1 is 0.917 bits per heavy atom. The summed E-state index contributed by atoms with van der Waals surface area (Å²) < 4.78 is 0. The van der Waals surface area contributed by atoms with E-state index in [2.05, 4.69) is 86.4 Å². The first-order valence-corrected chi connectivity index (χ1v) is 14.0. The van der Waals surface area contributed by atoms with Crippen molar-refractivity contribution >= 4 is 22.3 Å². The van der Waals surface area contributed by atoms with Gasteiger partial charge in [-0.2, -0.15) is 0 Å². The second-order valence-corrected chi connectivity index (χ2v) is 12.6. The van der Waals surface area contributed by atoms with Gasteiger partial charge in [-0.3, -0.25) is 4.79 Å². The minimum absolute atomic E-state index is 0.0503. The van der Waals surface area contributed by atoms with Gasteiger partial charge in [-0.1, -0.05) is 68.0 Å². The van der Waals surface area contributed by atoms with E-state index in [0.29, 0.717) is 23.5 Å². The summed E-state index contributed by atoms with van der Waals surface area (Å²) in [6.07, 6.45) is 12.8. The van der Waals surface area contributed by atoms with Crippen LogP contribution in [0.1, 0.15) is 69.9 Å². The molecule has 1 aromatic heterocycles. The van der Waals surface area contributed by atoms with Crippen LogP contribution in [0.3, 0.4) is 0 Å². The molecule has 2 heteroatoms. The maximum atomic E-state index is 12.8. The van der Waals surface area contributed by atoms with Gasteiger partial charge in [-0.05, 0) is 97.5 Å². The molecular formula is C34H37NO. The van der Waals surface area contributed by atoms with Gasteiger partial charge in [-0.25, -0.2) is 0 Å². The molecule has 1 N–H and O–H groups in total. The first kappa shape index (κ1) is 22.3. The molecule has 2 nitrogen and oxygen atoms in total. The predicted octanol–water partition coefficient (Wildman–Crippen LogP) is 8.67. The Kier molecular flexibility index (Phi) is 4.85. The number of aromatic amines is 1. The molecule has 0 radical (unpaired) electrons. The molecule has 4 aliphatic rings. The maximum absolute atomic E-state index is 12.8.